The maximum Gasteiger partial charge on any atom is 0.181 e. The Kier molecular flexibility index (Phi) is 3.46. The van der Waals surface area contributed by atoms with E-state index in [0.29, 0.717) is 5.13 Å². The second kappa shape index (κ2) is 4.84. The van der Waals surface area contributed by atoms with Crippen LogP contribution in [0, 0.1) is 12.7 Å². The molecule has 16 heavy (non-hydrogen) atoms. The van der Waals surface area contributed by atoms with Crippen molar-refractivity contribution >= 4 is 28.2 Å². The predicted octanol–water partition coefficient (Wildman–Crippen LogP) is 3.47. The van der Waals surface area contributed by atoms with Gasteiger partial charge in [0.1, 0.15) is 5.82 Å². The number of rotatable bonds is 3. The minimum Gasteiger partial charge on any atom is -0.375 e. The molecule has 0 aliphatic heterocycles. The van der Waals surface area contributed by atoms with Crippen LogP contribution in [0.15, 0.2) is 28.5 Å². The van der Waals surface area contributed by atoms with Crippen molar-refractivity contribution in [2.24, 2.45) is 0 Å². The summed E-state index contributed by atoms with van der Waals surface area (Å²) in [7, 11) is 0. The number of benzene rings is 1. The maximum absolute atomic E-state index is 12.7. The normalized spacial score (nSPS) is 10.6. The standard InChI is InChI=1S/C11H11FN2S2/c1-7-10(16-11(13)14-7)15-6-8-2-4-9(12)5-3-8/h2-5H,6H2,1H3,(H2,13,14). The van der Waals surface area contributed by atoms with E-state index in [1.165, 1.54) is 23.5 Å². The maximum atomic E-state index is 12.7. The summed E-state index contributed by atoms with van der Waals surface area (Å²) >= 11 is 3.17. The van der Waals surface area contributed by atoms with Gasteiger partial charge in [-0.05, 0) is 24.6 Å². The van der Waals surface area contributed by atoms with Crippen LogP contribution in [-0.2, 0) is 5.75 Å². The first-order valence-corrected chi connectivity index (χ1v) is 6.55. The summed E-state index contributed by atoms with van der Waals surface area (Å²) in [5.74, 6) is 0.606. The zero-order chi connectivity index (χ0) is 11.5. The Morgan fingerprint density at radius 1 is 1.38 bits per heavy atom. The fourth-order valence-electron chi connectivity index (χ4n) is 1.27. The number of halogens is 1. The zero-order valence-electron chi connectivity index (χ0n) is 8.74. The van der Waals surface area contributed by atoms with E-state index >= 15 is 0 Å². The molecule has 1 aromatic carbocycles. The van der Waals surface area contributed by atoms with Crippen molar-refractivity contribution in [1.29, 1.82) is 0 Å². The van der Waals surface area contributed by atoms with Crippen LogP contribution in [-0.4, -0.2) is 4.98 Å². The number of hydrogen-bond acceptors (Lipinski definition) is 4. The van der Waals surface area contributed by atoms with Gasteiger partial charge in [0.05, 0.1) is 9.90 Å². The van der Waals surface area contributed by atoms with Crippen LogP contribution in [0.2, 0.25) is 0 Å². The Labute approximate surface area is 102 Å². The molecule has 0 aliphatic rings. The van der Waals surface area contributed by atoms with Gasteiger partial charge in [0.25, 0.3) is 0 Å². The smallest absolute Gasteiger partial charge is 0.181 e. The SMILES string of the molecule is Cc1nc(N)sc1SCc1ccc(F)cc1. The lowest BCUT2D eigenvalue weighted by Crippen LogP contribution is -1.82. The number of nitrogens with two attached hydrogens (primary N) is 1. The Balaban J connectivity index is 2.02. The lowest BCUT2D eigenvalue weighted by molar-refractivity contribution is 0.627. The van der Waals surface area contributed by atoms with Crippen molar-refractivity contribution in [2.75, 3.05) is 5.73 Å². The second-order valence-electron chi connectivity index (χ2n) is 3.34. The molecule has 2 N–H and O–H groups in total. The first-order chi connectivity index (χ1) is 7.65. The third-order valence-corrected chi connectivity index (χ3v) is 4.47. The number of aromatic nitrogens is 1. The molecule has 1 aromatic heterocycles. The summed E-state index contributed by atoms with van der Waals surface area (Å²) in [6.07, 6.45) is 0. The number of nitrogens with zero attached hydrogens (tertiary/aromatic N) is 1. The molecule has 0 radical (unpaired) electrons. The van der Waals surface area contributed by atoms with Gasteiger partial charge in [-0.15, -0.1) is 11.8 Å². The van der Waals surface area contributed by atoms with E-state index in [1.807, 2.05) is 6.92 Å². The van der Waals surface area contributed by atoms with Crippen LogP contribution in [0.1, 0.15) is 11.3 Å². The van der Waals surface area contributed by atoms with Gasteiger partial charge >= 0.3 is 0 Å². The molecule has 0 saturated carbocycles. The molecule has 0 amide bonds. The average molecular weight is 254 g/mol. The molecular formula is C11H11FN2S2. The molecule has 5 heteroatoms. The van der Waals surface area contributed by atoms with Crippen LogP contribution in [0.5, 0.6) is 0 Å². The van der Waals surface area contributed by atoms with E-state index in [4.69, 9.17) is 5.73 Å². The molecule has 2 rings (SSSR count). The number of anilines is 1. The van der Waals surface area contributed by atoms with Gasteiger partial charge in [0.15, 0.2) is 5.13 Å². The number of nitrogen functional groups attached to an aromatic ring is 1. The number of hydrogen-bond donors (Lipinski definition) is 1. The lowest BCUT2D eigenvalue weighted by atomic mass is 10.2. The molecule has 84 valence electrons. The van der Waals surface area contributed by atoms with E-state index in [1.54, 1.807) is 23.9 Å². The van der Waals surface area contributed by atoms with Gasteiger partial charge < -0.3 is 5.73 Å². The fraction of sp³-hybridized carbons (Fsp3) is 0.182. The van der Waals surface area contributed by atoms with Crippen molar-refractivity contribution in [2.45, 2.75) is 16.9 Å². The molecule has 0 fully saturated rings. The number of thioether (sulfide) groups is 1. The van der Waals surface area contributed by atoms with E-state index < -0.39 is 0 Å². The summed E-state index contributed by atoms with van der Waals surface area (Å²) in [5, 5.41) is 0.596. The topological polar surface area (TPSA) is 38.9 Å². The van der Waals surface area contributed by atoms with Gasteiger partial charge in [0.2, 0.25) is 0 Å². The first kappa shape index (κ1) is 11.4. The molecule has 0 atom stereocenters. The Bertz CT molecular complexity index is 479. The molecule has 0 saturated heterocycles. The van der Waals surface area contributed by atoms with Crippen molar-refractivity contribution in [3.63, 3.8) is 0 Å². The monoisotopic (exact) mass is 254 g/mol. The van der Waals surface area contributed by atoms with Gasteiger partial charge in [-0.1, -0.05) is 23.5 Å². The minimum absolute atomic E-state index is 0.202. The fourth-order valence-corrected chi connectivity index (χ4v) is 3.25. The summed E-state index contributed by atoms with van der Waals surface area (Å²) in [4.78, 5) is 4.15. The highest BCUT2D eigenvalue weighted by atomic mass is 32.2. The van der Waals surface area contributed by atoms with Crippen molar-refractivity contribution in [3.8, 4) is 0 Å². The third-order valence-electron chi connectivity index (χ3n) is 2.05. The van der Waals surface area contributed by atoms with Crippen LogP contribution in [0.25, 0.3) is 0 Å². The van der Waals surface area contributed by atoms with E-state index in [0.717, 1.165) is 21.2 Å². The zero-order valence-corrected chi connectivity index (χ0v) is 10.4. The molecule has 0 unspecified atom stereocenters. The first-order valence-electron chi connectivity index (χ1n) is 4.75. The highest BCUT2D eigenvalue weighted by Gasteiger charge is 2.06. The molecule has 0 aliphatic carbocycles. The Hall–Kier alpha value is -1.07. The van der Waals surface area contributed by atoms with Crippen LogP contribution in [0.3, 0.4) is 0 Å². The highest BCUT2D eigenvalue weighted by Crippen LogP contribution is 2.32. The van der Waals surface area contributed by atoms with Gasteiger partial charge in [-0.3, -0.25) is 0 Å². The minimum atomic E-state index is -0.202. The van der Waals surface area contributed by atoms with Gasteiger partial charge in [-0.25, -0.2) is 9.37 Å². The highest BCUT2D eigenvalue weighted by molar-refractivity contribution is 8.00. The lowest BCUT2D eigenvalue weighted by Gasteiger charge is -1.99. The Morgan fingerprint density at radius 3 is 2.62 bits per heavy atom. The van der Waals surface area contributed by atoms with E-state index in [-0.39, 0.29) is 5.82 Å². The molecule has 0 bridgehead atoms. The summed E-state index contributed by atoms with van der Waals surface area (Å²) < 4.78 is 13.8. The average Bonchev–Trinajstić information content (AvgIpc) is 2.57. The number of aryl methyl sites for hydroxylation is 1. The molecular weight excluding hydrogens is 243 g/mol. The molecule has 0 spiro atoms. The molecule has 2 nitrogen and oxygen atoms in total. The van der Waals surface area contributed by atoms with Gasteiger partial charge in [0, 0.05) is 5.75 Å². The van der Waals surface area contributed by atoms with Crippen molar-refractivity contribution in [1.82, 2.24) is 4.98 Å². The molecule has 2 aromatic rings. The largest absolute Gasteiger partial charge is 0.375 e. The summed E-state index contributed by atoms with van der Waals surface area (Å²) in [6.45, 7) is 1.94. The second-order valence-corrected chi connectivity index (χ2v) is 5.61. The van der Waals surface area contributed by atoms with Crippen LogP contribution >= 0.6 is 23.1 Å². The van der Waals surface area contributed by atoms with E-state index in [9.17, 15) is 4.39 Å². The summed E-state index contributed by atoms with van der Waals surface area (Å²) in [5.41, 5.74) is 7.68. The Morgan fingerprint density at radius 2 is 2.06 bits per heavy atom. The van der Waals surface area contributed by atoms with Crippen molar-refractivity contribution < 1.29 is 4.39 Å². The van der Waals surface area contributed by atoms with Gasteiger partial charge in [-0.2, -0.15) is 0 Å². The predicted molar refractivity (Wildman–Crippen MR) is 67.2 cm³/mol. The van der Waals surface area contributed by atoms with Crippen molar-refractivity contribution in [3.05, 3.63) is 41.3 Å². The number of thiazole rings is 1. The quantitative estimate of drug-likeness (QED) is 0.852. The summed E-state index contributed by atoms with van der Waals surface area (Å²) in [6, 6.07) is 6.54. The van der Waals surface area contributed by atoms with Crippen LogP contribution in [0.4, 0.5) is 9.52 Å². The van der Waals surface area contributed by atoms with Crippen LogP contribution < -0.4 is 5.73 Å². The van der Waals surface area contributed by atoms with E-state index in [2.05, 4.69) is 4.98 Å². The molecule has 1 heterocycles. The third kappa shape index (κ3) is 2.74.